The number of halogens is 1. The standard InChI is InChI=1S/C10H13NO2.ClH/c1-7-4-2-3-5-8(7)6-9(11)10(12)13;/h2-5,9H,6,11H2,1H3,(H,12,13);1H. The topological polar surface area (TPSA) is 63.3 Å². The normalized spacial score (nSPS) is 11.6. The van der Waals surface area contributed by atoms with E-state index in [1.165, 1.54) is 0 Å². The Kier molecular flexibility index (Phi) is 5.20. The quantitative estimate of drug-likeness (QED) is 0.801. The number of carboxylic acid groups (broad SMARTS) is 1. The lowest BCUT2D eigenvalue weighted by Crippen LogP contribution is -2.32. The van der Waals surface area contributed by atoms with Crippen molar-refractivity contribution in [1.82, 2.24) is 0 Å². The van der Waals surface area contributed by atoms with Gasteiger partial charge in [-0.25, -0.2) is 0 Å². The molecule has 0 aliphatic rings. The maximum absolute atomic E-state index is 10.5. The maximum atomic E-state index is 10.5. The zero-order chi connectivity index (χ0) is 9.84. The van der Waals surface area contributed by atoms with E-state index in [4.69, 9.17) is 10.8 Å². The largest absolute Gasteiger partial charge is 0.480 e. The summed E-state index contributed by atoms with van der Waals surface area (Å²) in [5, 5.41) is 8.61. The lowest BCUT2D eigenvalue weighted by Gasteiger charge is -2.08. The summed E-state index contributed by atoms with van der Waals surface area (Å²) in [4.78, 5) is 10.5. The molecule has 0 heterocycles. The van der Waals surface area contributed by atoms with Crippen LogP contribution in [0.15, 0.2) is 24.3 Å². The van der Waals surface area contributed by atoms with Crippen LogP contribution in [0.3, 0.4) is 0 Å². The van der Waals surface area contributed by atoms with Gasteiger partial charge in [-0.1, -0.05) is 24.3 Å². The molecule has 0 spiro atoms. The van der Waals surface area contributed by atoms with Crippen LogP contribution in [0.25, 0.3) is 0 Å². The van der Waals surface area contributed by atoms with Gasteiger partial charge in [0.1, 0.15) is 6.04 Å². The van der Waals surface area contributed by atoms with E-state index in [0.29, 0.717) is 6.42 Å². The Bertz CT molecular complexity index is 315. The van der Waals surface area contributed by atoms with E-state index in [1.54, 1.807) is 0 Å². The predicted octanol–water partition coefficient (Wildman–Crippen LogP) is 1.37. The Balaban J connectivity index is 0.00000169. The number of aryl methyl sites for hydroxylation is 1. The van der Waals surface area contributed by atoms with Crippen molar-refractivity contribution in [2.24, 2.45) is 5.73 Å². The molecule has 0 amide bonds. The minimum atomic E-state index is -0.955. The van der Waals surface area contributed by atoms with E-state index in [0.717, 1.165) is 11.1 Å². The molecule has 0 aliphatic carbocycles. The van der Waals surface area contributed by atoms with Crippen molar-refractivity contribution in [2.75, 3.05) is 0 Å². The molecule has 0 bridgehead atoms. The third-order valence-electron chi connectivity index (χ3n) is 2.02. The number of rotatable bonds is 3. The fraction of sp³-hybridized carbons (Fsp3) is 0.300. The van der Waals surface area contributed by atoms with Crippen LogP contribution in [0.5, 0.6) is 0 Å². The number of hydrogen-bond donors (Lipinski definition) is 2. The van der Waals surface area contributed by atoms with E-state index in [1.807, 2.05) is 31.2 Å². The fourth-order valence-electron chi connectivity index (χ4n) is 1.16. The van der Waals surface area contributed by atoms with Crippen LogP contribution in [0.4, 0.5) is 0 Å². The summed E-state index contributed by atoms with van der Waals surface area (Å²) in [6.07, 6.45) is 0.391. The Hall–Kier alpha value is -1.06. The van der Waals surface area contributed by atoms with Gasteiger partial charge in [0.05, 0.1) is 0 Å². The lowest BCUT2D eigenvalue weighted by atomic mass is 10.0. The number of aliphatic carboxylic acids is 1. The molecule has 1 aromatic rings. The molecule has 78 valence electrons. The summed E-state index contributed by atoms with van der Waals surface area (Å²) in [5.74, 6) is -0.955. The van der Waals surface area contributed by atoms with Gasteiger partial charge in [0.15, 0.2) is 0 Å². The van der Waals surface area contributed by atoms with Gasteiger partial charge in [-0.15, -0.1) is 12.4 Å². The fourth-order valence-corrected chi connectivity index (χ4v) is 1.16. The molecule has 3 nitrogen and oxygen atoms in total. The second kappa shape index (κ2) is 5.62. The van der Waals surface area contributed by atoms with Crippen molar-refractivity contribution in [2.45, 2.75) is 19.4 Å². The lowest BCUT2D eigenvalue weighted by molar-refractivity contribution is -0.138. The zero-order valence-electron chi connectivity index (χ0n) is 7.93. The van der Waals surface area contributed by atoms with Crippen LogP contribution in [0, 0.1) is 6.92 Å². The van der Waals surface area contributed by atoms with Gasteiger partial charge < -0.3 is 10.8 Å². The van der Waals surface area contributed by atoms with Crippen LogP contribution in [-0.2, 0) is 11.2 Å². The van der Waals surface area contributed by atoms with Crippen LogP contribution >= 0.6 is 12.4 Å². The maximum Gasteiger partial charge on any atom is 0.320 e. The van der Waals surface area contributed by atoms with E-state index in [9.17, 15) is 4.79 Å². The van der Waals surface area contributed by atoms with Gasteiger partial charge in [-0.2, -0.15) is 0 Å². The highest BCUT2D eigenvalue weighted by atomic mass is 35.5. The van der Waals surface area contributed by atoms with E-state index in [2.05, 4.69) is 0 Å². The van der Waals surface area contributed by atoms with Gasteiger partial charge in [-0.3, -0.25) is 4.79 Å². The van der Waals surface area contributed by atoms with E-state index < -0.39 is 12.0 Å². The average molecular weight is 216 g/mol. The van der Waals surface area contributed by atoms with Gasteiger partial charge in [-0.05, 0) is 24.5 Å². The van der Waals surface area contributed by atoms with Gasteiger partial charge >= 0.3 is 5.97 Å². The molecule has 0 aliphatic heterocycles. The van der Waals surface area contributed by atoms with E-state index >= 15 is 0 Å². The number of carboxylic acids is 1. The first-order chi connectivity index (χ1) is 6.11. The molecule has 0 saturated heterocycles. The molecular weight excluding hydrogens is 202 g/mol. The minimum Gasteiger partial charge on any atom is -0.480 e. The van der Waals surface area contributed by atoms with Gasteiger partial charge in [0.2, 0.25) is 0 Å². The summed E-state index contributed by atoms with van der Waals surface area (Å²) in [7, 11) is 0. The number of benzene rings is 1. The highest BCUT2D eigenvalue weighted by Gasteiger charge is 2.12. The summed E-state index contributed by atoms with van der Waals surface area (Å²) in [5.41, 5.74) is 7.50. The predicted molar refractivity (Wildman–Crippen MR) is 57.7 cm³/mol. The first-order valence-corrected chi connectivity index (χ1v) is 4.14. The first kappa shape index (κ1) is 12.9. The molecule has 14 heavy (non-hydrogen) atoms. The Morgan fingerprint density at radius 3 is 2.57 bits per heavy atom. The third-order valence-corrected chi connectivity index (χ3v) is 2.02. The third kappa shape index (κ3) is 3.36. The molecule has 4 heteroatoms. The van der Waals surface area contributed by atoms with Crippen LogP contribution in [-0.4, -0.2) is 17.1 Å². The van der Waals surface area contributed by atoms with Crippen molar-refractivity contribution < 1.29 is 9.90 Å². The first-order valence-electron chi connectivity index (χ1n) is 4.14. The monoisotopic (exact) mass is 215 g/mol. The van der Waals surface area contributed by atoms with Crippen LogP contribution in [0.2, 0.25) is 0 Å². The number of carbonyl (C=O) groups is 1. The number of nitrogens with two attached hydrogens (primary N) is 1. The molecule has 3 N–H and O–H groups in total. The molecule has 0 aromatic heterocycles. The Morgan fingerprint density at radius 2 is 2.07 bits per heavy atom. The zero-order valence-corrected chi connectivity index (χ0v) is 8.75. The van der Waals surface area contributed by atoms with Crippen molar-refractivity contribution in [3.8, 4) is 0 Å². The van der Waals surface area contributed by atoms with Gasteiger partial charge in [0.25, 0.3) is 0 Å². The van der Waals surface area contributed by atoms with Crippen molar-refractivity contribution in [3.63, 3.8) is 0 Å². The van der Waals surface area contributed by atoms with E-state index in [-0.39, 0.29) is 12.4 Å². The Labute approximate surface area is 89.3 Å². The average Bonchev–Trinajstić information content (AvgIpc) is 2.08. The number of hydrogen-bond acceptors (Lipinski definition) is 2. The summed E-state index contributed by atoms with van der Waals surface area (Å²) >= 11 is 0. The second-order valence-electron chi connectivity index (χ2n) is 3.08. The summed E-state index contributed by atoms with van der Waals surface area (Å²) in [6, 6.07) is 6.85. The smallest absolute Gasteiger partial charge is 0.320 e. The molecule has 0 saturated carbocycles. The van der Waals surface area contributed by atoms with Crippen molar-refractivity contribution in [3.05, 3.63) is 35.4 Å². The van der Waals surface area contributed by atoms with Crippen molar-refractivity contribution >= 4 is 18.4 Å². The molecular formula is C10H14ClNO2. The van der Waals surface area contributed by atoms with Crippen molar-refractivity contribution in [1.29, 1.82) is 0 Å². The summed E-state index contributed by atoms with van der Waals surface area (Å²) in [6.45, 7) is 1.95. The molecule has 0 radical (unpaired) electrons. The molecule has 0 fully saturated rings. The minimum absolute atomic E-state index is 0. The van der Waals surface area contributed by atoms with Crippen LogP contribution in [0.1, 0.15) is 11.1 Å². The molecule has 1 aromatic carbocycles. The molecule has 1 atom stereocenters. The van der Waals surface area contributed by atoms with Gasteiger partial charge in [0, 0.05) is 0 Å². The highest BCUT2D eigenvalue weighted by Crippen LogP contribution is 2.08. The molecule has 1 unspecified atom stereocenters. The molecule has 1 rings (SSSR count). The summed E-state index contributed by atoms with van der Waals surface area (Å²) < 4.78 is 0. The van der Waals surface area contributed by atoms with Crippen LogP contribution < -0.4 is 5.73 Å². The highest BCUT2D eigenvalue weighted by molar-refractivity contribution is 5.85. The second-order valence-corrected chi connectivity index (χ2v) is 3.08. The Morgan fingerprint density at radius 1 is 1.50 bits per heavy atom. The SMILES string of the molecule is Cc1ccccc1CC(N)C(=O)O.Cl.